The molecule has 0 bridgehead atoms. The van der Waals surface area contributed by atoms with E-state index in [9.17, 15) is 4.79 Å². The summed E-state index contributed by atoms with van der Waals surface area (Å²) in [6.45, 7) is 2.95. The highest BCUT2D eigenvalue weighted by molar-refractivity contribution is 5.76. The van der Waals surface area contributed by atoms with E-state index in [1.165, 1.54) is 0 Å². The summed E-state index contributed by atoms with van der Waals surface area (Å²) >= 11 is 0. The predicted octanol–water partition coefficient (Wildman–Crippen LogP) is -1.14. The zero-order chi connectivity index (χ0) is 7.73. The first-order chi connectivity index (χ1) is 5.31. The van der Waals surface area contributed by atoms with Crippen LogP contribution >= 0.6 is 0 Å². The van der Waals surface area contributed by atoms with Gasteiger partial charge in [0.05, 0.1) is 18.8 Å². The highest BCUT2D eigenvalue weighted by atomic mass is 16.5. The number of hydrogen-bond acceptors (Lipinski definition) is 3. The van der Waals surface area contributed by atoms with E-state index >= 15 is 0 Å². The molecule has 2 fully saturated rings. The standard InChI is InChI=1S/C7H12N2O2/c10-6-1-2-9-7(3-8-6)4-11-5-7/h9H,1-5H2,(H,8,10). The Hall–Kier alpha value is -0.610. The first-order valence-electron chi connectivity index (χ1n) is 3.90. The van der Waals surface area contributed by atoms with Gasteiger partial charge >= 0.3 is 0 Å². The topological polar surface area (TPSA) is 50.4 Å². The summed E-state index contributed by atoms with van der Waals surface area (Å²) in [4.78, 5) is 10.9. The molecule has 0 saturated carbocycles. The average Bonchev–Trinajstić information content (AvgIpc) is 2.09. The Morgan fingerprint density at radius 2 is 2.27 bits per heavy atom. The number of nitrogens with one attached hydrogen (secondary N) is 2. The SMILES string of the molecule is O=C1CCNC2(CN1)COC2. The first kappa shape index (κ1) is 7.06. The Morgan fingerprint density at radius 1 is 1.45 bits per heavy atom. The van der Waals surface area contributed by atoms with Crippen molar-refractivity contribution < 1.29 is 9.53 Å². The van der Waals surface area contributed by atoms with Crippen LogP contribution < -0.4 is 10.6 Å². The van der Waals surface area contributed by atoms with Crippen LogP contribution in [0.1, 0.15) is 6.42 Å². The third-order valence-corrected chi connectivity index (χ3v) is 2.23. The molecular weight excluding hydrogens is 144 g/mol. The average molecular weight is 156 g/mol. The second kappa shape index (κ2) is 2.46. The van der Waals surface area contributed by atoms with E-state index in [0.29, 0.717) is 13.0 Å². The van der Waals surface area contributed by atoms with Crippen molar-refractivity contribution in [3.8, 4) is 0 Å². The van der Waals surface area contributed by atoms with Crippen molar-refractivity contribution in [2.24, 2.45) is 0 Å². The zero-order valence-corrected chi connectivity index (χ0v) is 6.35. The van der Waals surface area contributed by atoms with Crippen molar-refractivity contribution in [2.75, 3.05) is 26.3 Å². The molecule has 0 radical (unpaired) electrons. The largest absolute Gasteiger partial charge is 0.377 e. The second-order valence-corrected chi connectivity index (χ2v) is 3.23. The molecule has 2 rings (SSSR count). The summed E-state index contributed by atoms with van der Waals surface area (Å²) in [5, 5.41) is 6.17. The lowest BCUT2D eigenvalue weighted by Crippen LogP contribution is -2.64. The minimum atomic E-state index is 0.0617. The Labute approximate surface area is 65.3 Å². The second-order valence-electron chi connectivity index (χ2n) is 3.23. The molecule has 11 heavy (non-hydrogen) atoms. The molecule has 0 aromatic carbocycles. The number of rotatable bonds is 0. The molecule has 0 aliphatic carbocycles. The van der Waals surface area contributed by atoms with Crippen LogP contribution in [-0.4, -0.2) is 37.7 Å². The molecule has 4 nitrogen and oxygen atoms in total. The van der Waals surface area contributed by atoms with Crippen LogP contribution in [-0.2, 0) is 9.53 Å². The molecule has 4 heteroatoms. The van der Waals surface area contributed by atoms with Gasteiger partial charge in [-0.3, -0.25) is 4.79 Å². The van der Waals surface area contributed by atoms with Gasteiger partial charge in [-0.05, 0) is 0 Å². The number of hydrogen-bond donors (Lipinski definition) is 2. The Balaban J connectivity index is 1.97. The summed E-state index contributed by atoms with van der Waals surface area (Å²) < 4.78 is 5.09. The fourth-order valence-corrected chi connectivity index (χ4v) is 1.41. The monoisotopic (exact) mass is 156 g/mol. The summed E-state index contributed by atoms with van der Waals surface area (Å²) in [5.74, 6) is 0.140. The number of carbonyl (C=O) groups excluding carboxylic acids is 1. The van der Waals surface area contributed by atoms with Crippen molar-refractivity contribution >= 4 is 5.91 Å². The molecule has 0 unspecified atom stereocenters. The predicted molar refractivity (Wildman–Crippen MR) is 39.2 cm³/mol. The van der Waals surface area contributed by atoms with Gasteiger partial charge in [0.1, 0.15) is 0 Å². The maximum atomic E-state index is 10.9. The van der Waals surface area contributed by atoms with Crippen LogP contribution in [0.25, 0.3) is 0 Å². The lowest BCUT2D eigenvalue weighted by Gasteiger charge is -2.40. The van der Waals surface area contributed by atoms with Crippen LogP contribution in [0.5, 0.6) is 0 Å². The van der Waals surface area contributed by atoms with E-state index in [2.05, 4.69) is 10.6 Å². The third kappa shape index (κ3) is 1.23. The summed E-state index contributed by atoms with van der Waals surface area (Å²) in [6.07, 6.45) is 0.585. The fourth-order valence-electron chi connectivity index (χ4n) is 1.41. The molecular formula is C7H12N2O2. The molecule has 62 valence electrons. The van der Waals surface area contributed by atoms with Gasteiger partial charge < -0.3 is 15.4 Å². The molecule has 1 amide bonds. The smallest absolute Gasteiger partial charge is 0.221 e. The van der Waals surface area contributed by atoms with E-state index in [0.717, 1.165) is 19.8 Å². The number of carbonyl (C=O) groups is 1. The van der Waals surface area contributed by atoms with Gasteiger partial charge in [-0.25, -0.2) is 0 Å². The lowest BCUT2D eigenvalue weighted by molar-refractivity contribution is -0.121. The molecule has 2 aliphatic rings. The van der Waals surface area contributed by atoms with Crippen LogP contribution in [0.3, 0.4) is 0 Å². The molecule has 2 N–H and O–H groups in total. The minimum Gasteiger partial charge on any atom is -0.377 e. The maximum Gasteiger partial charge on any atom is 0.221 e. The van der Waals surface area contributed by atoms with Crippen LogP contribution in [0.4, 0.5) is 0 Å². The molecule has 1 spiro atoms. The van der Waals surface area contributed by atoms with Crippen LogP contribution in [0.15, 0.2) is 0 Å². The summed E-state index contributed by atoms with van der Waals surface area (Å²) in [6, 6.07) is 0. The van der Waals surface area contributed by atoms with Gasteiger partial charge in [-0.1, -0.05) is 0 Å². The molecule has 0 aromatic heterocycles. The van der Waals surface area contributed by atoms with Crippen LogP contribution in [0, 0.1) is 0 Å². The zero-order valence-electron chi connectivity index (χ0n) is 6.35. The Morgan fingerprint density at radius 3 is 2.91 bits per heavy atom. The van der Waals surface area contributed by atoms with E-state index in [1.807, 2.05) is 0 Å². The number of ether oxygens (including phenoxy) is 1. The summed E-state index contributed by atoms with van der Waals surface area (Å²) in [7, 11) is 0. The van der Waals surface area contributed by atoms with E-state index in [1.54, 1.807) is 0 Å². The van der Waals surface area contributed by atoms with Crippen molar-refractivity contribution in [3.05, 3.63) is 0 Å². The van der Waals surface area contributed by atoms with E-state index in [4.69, 9.17) is 4.74 Å². The van der Waals surface area contributed by atoms with Crippen molar-refractivity contribution in [3.63, 3.8) is 0 Å². The molecule has 2 heterocycles. The van der Waals surface area contributed by atoms with E-state index in [-0.39, 0.29) is 11.4 Å². The molecule has 2 aliphatic heterocycles. The molecule has 0 atom stereocenters. The lowest BCUT2D eigenvalue weighted by atomic mass is 9.98. The van der Waals surface area contributed by atoms with Gasteiger partial charge in [0.15, 0.2) is 0 Å². The highest BCUT2D eigenvalue weighted by Crippen LogP contribution is 2.16. The minimum absolute atomic E-state index is 0.0617. The van der Waals surface area contributed by atoms with Gasteiger partial charge in [0, 0.05) is 19.5 Å². The van der Waals surface area contributed by atoms with Gasteiger partial charge in [-0.2, -0.15) is 0 Å². The van der Waals surface area contributed by atoms with Gasteiger partial charge in [0.2, 0.25) is 5.91 Å². The van der Waals surface area contributed by atoms with Crippen molar-refractivity contribution in [2.45, 2.75) is 12.0 Å². The van der Waals surface area contributed by atoms with Gasteiger partial charge in [0.25, 0.3) is 0 Å². The molecule has 0 aromatic rings. The number of amides is 1. The first-order valence-corrected chi connectivity index (χ1v) is 3.90. The fraction of sp³-hybridized carbons (Fsp3) is 0.857. The Bertz CT molecular complexity index is 177. The van der Waals surface area contributed by atoms with E-state index < -0.39 is 0 Å². The molecule has 2 saturated heterocycles. The van der Waals surface area contributed by atoms with Crippen LogP contribution in [0.2, 0.25) is 0 Å². The normalized spacial score (nSPS) is 28.9. The van der Waals surface area contributed by atoms with Crippen molar-refractivity contribution in [1.29, 1.82) is 0 Å². The maximum absolute atomic E-state index is 10.9. The van der Waals surface area contributed by atoms with Gasteiger partial charge in [-0.15, -0.1) is 0 Å². The third-order valence-electron chi connectivity index (χ3n) is 2.23. The quantitative estimate of drug-likeness (QED) is 0.466. The Kier molecular flexibility index (Phi) is 1.58. The summed E-state index contributed by atoms with van der Waals surface area (Å²) in [5.41, 5.74) is 0.0617. The highest BCUT2D eigenvalue weighted by Gasteiger charge is 2.39. The van der Waals surface area contributed by atoms with Crippen molar-refractivity contribution in [1.82, 2.24) is 10.6 Å².